The lowest BCUT2D eigenvalue weighted by molar-refractivity contribution is -0.384. The predicted octanol–water partition coefficient (Wildman–Crippen LogP) is 1.92. The fourth-order valence-corrected chi connectivity index (χ4v) is 3.04. The highest BCUT2D eigenvalue weighted by molar-refractivity contribution is 5.32. The molecule has 0 bridgehead atoms. The Bertz CT molecular complexity index is 675. The van der Waals surface area contributed by atoms with E-state index in [1.807, 2.05) is 31.5 Å². The zero-order valence-corrected chi connectivity index (χ0v) is 14.0. The third-order valence-corrected chi connectivity index (χ3v) is 4.60. The van der Waals surface area contributed by atoms with E-state index in [2.05, 4.69) is 19.4 Å². The zero-order chi connectivity index (χ0) is 16.9. The summed E-state index contributed by atoms with van der Waals surface area (Å²) in [5.74, 6) is 1.06. The SMILES string of the molecule is Cc1nccn1CCN1CCN(Cc2ccc([N+](=O)[O-])cc2)CC1. The van der Waals surface area contributed by atoms with E-state index in [1.54, 1.807) is 12.1 Å². The first-order valence-electron chi connectivity index (χ1n) is 8.27. The molecule has 3 rings (SSSR count). The van der Waals surface area contributed by atoms with Crippen molar-refractivity contribution < 1.29 is 4.92 Å². The van der Waals surface area contributed by atoms with Gasteiger partial charge in [0.1, 0.15) is 5.82 Å². The van der Waals surface area contributed by atoms with Crippen molar-refractivity contribution in [1.82, 2.24) is 19.4 Å². The van der Waals surface area contributed by atoms with Gasteiger partial charge in [0.15, 0.2) is 0 Å². The number of piperazine rings is 1. The Balaban J connectivity index is 1.43. The van der Waals surface area contributed by atoms with Gasteiger partial charge < -0.3 is 4.57 Å². The predicted molar refractivity (Wildman–Crippen MR) is 91.8 cm³/mol. The molecule has 0 amide bonds. The number of non-ortho nitro benzene ring substituents is 1. The molecule has 128 valence electrons. The summed E-state index contributed by atoms with van der Waals surface area (Å²) in [4.78, 5) is 19.5. The van der Waals surface area contributed by atoms with Gasteiger partial charge in [-0.1, -0.05) is 12.1 Å². The van der Waals surface area contributed by atoms with Gasteiger partial charge in [-0.05, 0) is 12.5 Å². The fraction of sp³-hybridized carbons (Fsp3) is 0.471. The van der Waals surface area contributed by atoms with Crippen molar-refractivity contribution >= 4 is 5.69 Å². The second kappa shape index (κ2) is 7.55. The summed E-state index contributed by atoms with van der Waals surface area (Å²) in [5.41, 5.74) is 1.28. The van der Waals surface area contributed by atoms with Crippen LogP contribution in [0.1, 0.15) is 11.4 Å². The molecule has 0 radical (unpaired) electrons. The third kappa shape index (κ3) is 4.18. The lowest BCUT2D eigenvalue weighted by atomic mass is 10.2. The van der Waals surface area contributed by atoms with Crippen LogP contribution in [-0.4, -0.2) is 57.0 Å². The second-order valence-corrected chi connectivity index (χ2v) is 6.21. The molecular formula is C17H23N5O2. The van der Waals surface area contributed by atoms with Crippen LogP contribution in [0.3, 0.4) is 0 Å². The van der Waals surface area contributed by atoms with Crippen molar-refractivity contribution in [3.05, 3.63) is 58.2 Å². The number of aromatic nitrogens is 2. The Kier molecular flexibility index (Phi) is 5.22. The van der Waals surface area contributed by atoms with Crippen molar-refractivity contribution in [1.29, 1.82) is 0 Å². The summed E-state index contributed by atoms with van der Waals surface area (Å²) in [5, 5.41) is 10.7. The largest absolute Gasteiger partial charge is 0.334 e. The number of nitro benzene ring substituents is 1. The highest BCUT2D eigenvalue weighted by Gasteiger charge is 2.17. The quantitative estimate of drug-likeness (QED) is 0.598. The van der Waals surface area contributed by atoms with Gasteiger partial charge in [-0.2, -0.15) is 0 Å². The molecule has 0 atom stereocenters. The topological polar surface area (TPSA) is 67.4 Å². The van der Waals surface area contributed by atoms with E-state index in [0.29, 0.717) is 0 Å². The molecule has 2 aromatic rings. The fourth-order valence-electron chi connectivity index (χ4n) is 3.04. The summed E-state index contributed by atoms with van der Waals surface area (Å²) in [6.45, 7) is 9.08. The minimum absolute atomic E-state index is 0.151. The van der Waals surface area contributed by atoms with Gasteiger partial charge in [-0.3, -0.25) is 19.9 Å². The zero-order valence-electron chi connectivity index (χ0n) is 14.0. The van der Waals surface area contributed by atoms with Crippen LogP contribution < -0.4 is 0 Å². The van der Waals surface area contributed by atoms with Gasteiger partial charge in [-0.25, -0.2) is 4.98 Å². The molecule has 0 unspecified atom stereocenters. The van der Waals surface area contributed by atoms with Crippen molar-refractivity contribution in [2.45, 2.75) is 20.0 Å². The third-order valence-electron chi connectivity index (χ3n) is 4.60. The maximum absolute atomic E-state index is 10.7. The van der Waals surface area contributed by atoms with E-state index < -0.39 is 0 Å². The number of imidazole rings is 1. The van der Waals surface area contributed by atoms with E-state index in [4.69, 9.17) is 0 Å². The van der Waals surface area contributed by atoms with Crippen LogP contribution in [0.2, 0.25) is 0 Å². The smallest absolute Gasteiger partial charge is 0.269 e. The van der Waals surface area contributed by atoms with Gasteiger partial charge in [0.25, 0.3) is 5.69 Å². The first-order chi connectivity index (χ1) is 11.6. The molecule has 0 aliphatic carbocycles. The lowest BCUT2D eigenvalue weighted by Crippen LogP contribution is -2.46. The summed E-state index contributed by atoms with van der Waals surface area (Å²) >= 11 is 0. The number of hydrogen-bond acceptors (Lipinski definition) is 5. The maximum atomic E-state index is 10.7. The van der Waals surface area contributed by atoms with Crippen molar-refractivity contribution in [2.24, 2.45) is 0 Å². The molecule has 1 fully saturated rings. The first-order valence-corrected chi connectivity index (χ1v) is 8.27. The van der Waals surface area contributed by atoms with Crippen LogP contribution in [0, 0.1) is 17.0 Å². The number of benzene rings is 1. The van der Waals surface area contributed by atoms with E-state index in [-0.39, 0.29) is 10.6 Å². The number of nitrogens with zero attached hydrogens (tertiary/aromatic N) is 5. The summed E-state index contributed by atoms with van der Waals surface area (Å²) in [7, 11) is 0. The molecule has 7 heteroatoms. The second-order valence-electron chi connectivity index (χ2n) is 6.21. The Morgan fingerprint density at radius 3 is 2.33 bits per heavy atom. The number of aryl methyl sites for hydroxylation is 1. The van der Waals surface area contributed by atoms with Crippen LogP contribution in [0.15, 0.2) is 36.7 Å². The molecule has 1 saturated heterocycles. The molecule has 7 nitrogen and oxygen atoms in total. The van der Waals surface area contributed by atoms with Gasteiger partial charge in [0, 0.05) is 70.3 Å². The average Bonchev–Trinajstić information content (AvgIpc) is 3.00. The van der Waals surface area contributed by atoms with E-state index in [1.165, 1.54) is 0 Å². The normalized spacial score (nSPS) is 16.4. The minimum Gasteiger partial charge on any atom is -0.334 e. The Labute approximate surface area is 141 Å². The van der Waals surface area contributed by atoms with E-state index in [9.17, 15) is 10.1 Å². The van der Waals surface area contributed by atoms with E-state index in [0.717, 1.165) is 57.2 Å². The van der Waals surface area contributed by atoms with E-state index >= 15 is 0 Å². The van der Waals surface area contributed by atoms with Crippen LogP contribution in [-0.2, 0) is 13.1 Å². The van der Waals surface area contributed by atoms with Crippen LogP contribution in [0.5, 0.6) is 0 Å². The monoisotopic (exact) mass is 329 g/mol. The standard InChI is InChI=1S/C17H23N5O2/c1-15-18-6-7-21(15)13-12-19-8-10-20(11-9-19)14-16-2-4-17(5-3-16)22(23)24/h2-7H,8-14H2,1H3. The molecule has 1 aliphatic heterocycles. The van der Waals surface area contributed by atoms with Crippen molar-refractivity contribution in [3.63, 3.8) is 0 Å². The summed E-state index contributed by atoms with van der Waals surface area (Å²) in [6, 6.07) is 6.87. The Morgan fingerprint density at radius 1 is 1.08 bits per heavy atom. The van der Waals surface area contributed by atoms with Gasteiger partial charge >= 0.3 is 0 Å². The Morgan fingerprint density at radius 2 is 1.75 bits per heavy atom. The molecule has 1 aromatic heterocycles. The van der Waals surface area contributed by atoms with Crippen LogP contribution in [0.25, 0.3) is 0 Å². The van der Waals surface area contributed by atoms with Gasteiger partial charge in [0.05, 0.1) is 4.92 Å². The van der Waals surface area contributed by atoms with Crippen molar-refractivity contribution in [3.8, 4) is 0 Å². The molecule has 0 N–H and O–H groups in total. The number of hydrogen-bond donors (Lipinski definition) is 0. The Hall–Kier alpha value is -2.25. The molecule has 24 heavy (non-hydrogen) atoms. The molecule has 1 aliphatic rings. The molecule has 2 heterocycles. The summed E-state index contributed by atoms with van der Waals surface area (Å²) < 4.78 is 2.18. The lowest BCUT2D eigenvalue weighted by Gasteiger charge is -2.34. The van der Waals surface area contributed by atoms with Crippen molar-refractivity contribution in [2.75, 3.05) is 32.7 Å². The molecule has 0 saturated carbocycles. The molecule has 0 spiro atoms. The molecule has 1 aromatic carbocycles. The molecular weight excluding hydrogens is 306 g/mol. The number of nitro groups is 1. The maximum Gasteiger partial charge on any atom is 0.269 e. The average molecular weight is 329 g/mol. The minimum atomic E-state index is -0.357. The first kappa shape index (κ1) is 16.6. The number of rotatable bonds is 6. The summed E-state index contributed by atoms with van der Waals surface area (Å²) in [6.07, 6.45) is 3.87. The highest BCUT2D eigenvalue weighted by atomic mass is 16.6. The van der Waals surface area contributed by atoms with Gasteiger partial charge in [-0.15, -0.1) is 0 Å². The van der Waals surface area contributed by atoms with Crippen LogP contribution in [0.4, 0.5) is 5.69 Å². The van der Waals surface area contributed by atoms with Crippen LogP contribution >= 0.6 is 0 Å². The van der Waals surface area contributed by atoms with Gasteiger partial charge in [0.2, 0.25) is 0 Å². The highest BCUT2D eigenvalue weighted by Crippen LogP contribution is 2.14.